The number of hydrogen-bond donors (Lipinski definition) is 1. The fourth-order valence-electron chi connectivity index (χ4n) is 3.23. The van der Waals surface area contributed by atoms with Crippen LogP contribution in [0.4, 0.5) is 0 Å². The van der Waals surface area contributed by atoms with Crippen molar-refractivity contribution in [1.29, 1.82) is 0 Å². The Morgan fingerprint density at radius 3 is 2.74 bits per heavy atom. The lowest BCUT2D eigenvalue weighted by molar-refractivity contribution is -0.131. The van der Waals surface area contributed by atoms with Crippen LogP contribution in [0.2, 0.25) is 0 Å². The molecular formula is C17H30N4O2. The van der Waals surface area contributed by atoms with E-state index < -0.39 is 6.10 Å². The van der Waals surface area contributed by atoms with Gasteiger partial charge in [0.15, 0.2) is 0 Å². The van der Waals surface area contributed by atoms with E-state index >= 15 is 0 Å². The van der Waals surface area contributed by atoms with Crippen LogP contribution in [-0.2, 0) is 11.3 Å². The zero-order valence-corrected chi connectivity index (χ0v) is 14.6. The number of carbonyl (C=O) groups excluding carboxylic acids is 1. The predicted octanol–water partition coefficient (Wildman–Crippen LogP) is 2.40. The molecule has 0 spiro atoms. The molecule has 1 atom stereocenters. The molecular weight excluding hydrogens is 292 g/mol. The molecule has 0 aromatic carbocycles. The van der Waals surface area contributed by atoms with Crippen molar-refractivity contribution in [3.05, 3.63) is 11.9 Å². The van der Waals surface area contributed by atoms with Crippen LogP contribution in [0.3, 0.4) is 0 Å². The van der Waals surface area contributed by atoms with Gasteiger partial charge in [-0.05, 0) is 31.1 Å². The number of rotatable bonds is 7. The first-order chi connectivity index (χ1) is 11.0. The summed E-state index contributed by atoms with van der Waals surface area (Å²) in [7, 11) is 1.86. The Morgan fingerprint density at radius 2 is 2.09 bits per heavy atom. The number of carbonyl (C=O) groups is 1. The van der Waals surface area contributed by atoms with Crippen LogP contribution in [0.1, 0.15) is 64.2 Å². The van der Waals surface area contributed by atoms with Crippen LogP contribution in [0.15, 0.2) is 6.20 Å². The number of likely N-dealkylation sites (N-methyl/N-ethyl adjacent to an activating group) is 1. The van der Waals surface area contributed by atoms with Gasteiger partial charge in [0.25, 0.3) is 0 Å². The molecule has 130 valence electrons. The minimum Gasteiger partial charge on any atom is -0.387 e. The summed E-state index contributed by atoms with van der Waals surface area (Å²) in [5.41, 5.74) is 0.543. The maximum absolute atomic E-state index is 12.3. The summed E-state index contributed by atoms with van der Waals surface area (Å²) in [5.74, 6) is 1.07. The van der Waals surface area contributed by atoms with E-state index in [4.69, 9.17) is 0 Å². The van der Waals surface area contributed by atoms with Gasteiger partial charge >= 0.3 is 0 Å². The summed E-state index contributed by atoms with van der Waals surface area (Å²) in [6, 6.07) is 0. The van der Waals surface area contributed by atoms with Crippen LogP contribution in [0, 0.1) is 11.8 Å². The summed E-state index contributed by atoms with van der Waals surface area (Å²) in [6.45, 7) is 5.12. The van der Waals surface area contributed by atoms with E-state index in [2.05, 4.69) is 24.2 Å². The van der Waals surface area contributed by atoms with E-state index in [1.54, 1.807) is 6.20 Å². The van der Waals surface area contributed by atoms with Crippen LogP contribution in [-0.4, -0.2) is 44.5 Å². The second-order valence-corrected chi connectivity index (χ2v) is 7.26. The lowest BCUT2D eigenvalue weighted by Crippen LogP contribution is -2.35. The molecule has 0 aliphatic heterocycles. The van der Waals surface area contributed by atoms with Gasteiger partial charge < -0.3 is 10.0 Å². The molecule has 6 nitrogen and oxygen atoms in total. The number of aliphatic hydroxyl groups excluding tert-OH is 1. The van der Waals surface area contributed by atoms with Crippen LogP contribution < -0.4 is 0 Å². The van der Waals surface area contributed by atoms with E-state index in [-0.39, 0.29) is 12.5 Å². The molecule has 1 saturated carbocycles. The zero-order chi connectivity index (χ0) is 16.8. The largest absolute Gasteiger partial charge is 0.387 e. The Balaban J connectivity index is 1.83. The standard InChI is InChI=1S/C17H30N4O2/c1-13(2)9-16(22)15-11-21(19-18-15)12-17(23)20(3)10-14-7-5-4-6-8-14/h11,13-14,16,22H,4-10,12H2,1-3H3. The number of amides is 1. The molecule has 23 heavy (non-hydrogen) atoms. The normalized spacial score (nSPS) is 17.4. The van der Waals surface area contributed by atoms with Crippen molar-refractivity contribution in [1.82, 2.24) is 19.9 Å². The smallest absolute Gasteiger partial charge is 0.244 e. The number of nitrogens with zero attached hydrogens (tertiary/aromatic N) is 4. The van der Waals surface area contributed by atoms with Crippen LogP contribution >= 0.6 is 0 Å². The van der Waals surface area contributed by atoms with E-state index in [1.165, 1.54) is 36.8 Å². The van der Waals surface area contributed by atoms with Gasteiger partial charge in [0.1, 0.15) is 12.2 Å². The lowest BCUT2D eigenvalue weighted by Gasteiger charge is -2.27. The SMILES string of the molecule is CC(C)CC(O)c1cn(CC(=O)N(C)CC2CCCCC2)nn1. The predicted molar refractivity (Wildman–Crippen MR) is 88.6 cm³/mol. The monoisotopic (exact) mass is 322 g/mol. The molecule has 2 rings (SSSR count). The minimum atomic E-state index is -0.612. The second kappa shape index (κ2) is 8.43. The number of aliphatic hydroxyl groups is 1. The van der Waals surface area contributed by atoms with E-state index in [9.17, 15) is 9.90 Å². The van der Waals surface area contributed by atoms with Gasteiger partial charge in [0.2, 0.25) is 5.91 Å². The first-order valence-electron chi connectivity index (χ1n) is 8.77. The quantitative estimate of drug-likeness (QED) is 0.837. The Hall–Kier alpha value is -1.43. The molecule has 1 amide bonds. The first kappa shape index (κ1) is 17.9. The number of aromatic nitrogens is 3. The summed E-state index contributed by atoms with van der Waals surface area (Å²) in [4.78, 5) is 14.1. The highest BCUT2D eigenvalue weighted by molar-refractivity contribution is 5.75. The third-order valence-electron chi connectivity index (χ3n) is 4.57. The zero-order valence-electron chi connectivity index (χ0n) is 14.6. The Morgan fingerprint density at radius 1 is 1.39 bits per heavy atom. The average Bonchev–Trinajstić information content (AvgIpc) is 2.96. The highest BCUT2D eigenvalue weighted by atomic mass is 16.3. The van der Waals surface area contributed by atoms with E-state index in [0.717, 1.165) is 6.54 Å². The van der Waals surface area contributed by atoms with Crippen molar-refractivity contribution < 1.29 is 9.90 Å². The van der Waals surface area contributed by atoms with Crippen molar-refractivity contribution in [3.63, 3.8) is 0 Å². The van der Waals surface area contributed by atoms with Crippen LogP contribution in [0.25, 0.3) is 0 Å². The van der Waals surface area contributed by atoms with Gasteiger partial charge in [-0.3, -0.25) is 4.79 Å². The maximum atomic E-state index is 12.3. The molecule has 1 unspecified atom stereocenters. The molecule has 1 aromatic heterocycles. The van der Waals surface area contributed by atoms with Crippen molar-refractivity contribution in [2.45, 2.75) is 65.0 Å². The van der Waals surface area contributed by atoms with Gasteiger partial charge in [-0.15, -0.1) is 5.10 Å². The maximum Gasteiger partial charge on any atom is 0.244 e. The van der Waals surface area contributed by atoms with Crippen molar-refractivity contribution in [2.75, 3.05) is 13.6 Å². The van der Waals surface area contributed by atoms with E-state index in [1.807, 2.05) is 11.9 Å². The molecule has 0 saturated heterocycles. The minimum absolute atomic E-state index is 0.0466. The molecule has 1 aliphatic carbocycles. The second-order valence-electron chi connectivity index (χ2n) is 7.26. The molecule has 6 heteroatoms. The summed E-state index contributed by atoms with van der Waals surface area (Å²) >= 11 is 0. The van der Waals surface area contributed by atoms with Gasteiger partial charge in [-0.2, -0.15) is 0 Å². The third kappa shape index (κ3) is 5.61. The molecule has 0 radical (unpaired) electrons. The lowest BCUT2D eigenvalue weighted by atomic mass is 9.89. The molecule has 1 fully saturated rings. The third-order valence-corrected chi connectivity index (χ3v) is 4.57. The Bertz CT molecular complexity index is 495. The van der Waals surface area contributed by atoms with E-state index in [0.29, 0.717) is 24.0 Å². The van der Waals surface area contributed by atoms with Gasteiger partial charge in [-0.25, -0.2) is 4.68 Å². The highest BCUT2D eigenvalue weighted by Crippen LogP contribution is 2.24. The van der Waals surface area contributed by atoms with Gasteiger partial charge in [-0.1, -0.05) is 38.3 Å². The van der Waals surface area contributed by atoms with Gasteiger partial charge in [0.05, 0.1) is 12.3 Å². The van der Waals surface area contributed by atoms with Crippen molar-refractivity contribution in [3.8, 4) is 0 Å². The van der Waals surface area contributed by atoms with Gasteiger partial charge in [0, 0.05) is 13.6 Å². The first-order valence-corrected chi connectivity index (χ1v) is 8.77. The highest BCUT2D eigenvalue weighted by Gasteiger charge is 2.19. The fourth-order valence-corrected chi connectivity index (χ4v) is 3.23. The molecule has 1 aromatic rings. The molecule has 0 bridgehead atoms. The number of hydrogen-bond acceptors (Lipinski definition) is 4. The summed E-state index contributed by atoms with van der Waals surface area (Å²) in [5, 5.41) is 18.0. The summed E-state index contributed by atoms with van der Waals surface area (Å²) in [6.07, 6.45) is 8.07. The summed E-state index contributed by atoms with van der Waals surface area (Å²) < 4.78 is 1.53. The molecule has 1 heterocycles. The molecule has 1 N–H and O–H groups in total. The van der Waals surface area contributed by atoms with Crippen LogP contribution in [0.5, 0.6) is 0 Å². The molecule has 1 aliphatic rings. The fraction of sp³-hybridized carbons (Fsp3) is 0.824. The topological polar surface area (TPSA) is 71.2 Å². The van der Waals surface area contributed by atoms with Crippen molar-refractivity contribution >= 4 is 5.91 Å². The Labute approximate surface area is 138 Å². The van der Waals surface area contributed by atoms with Crippen molar-refractivity contribution in [2.24, 2.45) is 11.8 Å². The average molecular weight is 322 g/mol. The Kier molecular flexibility index (Phi) is 6.57.